The van der Waals surface area contributed by atoms with Crippen LogP contribution in [0.3, 0.4) is 0 Å². The average molecular weight is 356 g/mol. The number of methoxy groups -OCH3 is 1. The molecule has 1 heterocycles. The van der Waals surface area contributed by atoms with E-state index in [-0.39, 0.29) is 11.9 Å². The molecular weight excluding hydrogens is 330 g/mol. The van der Waals surface area contributed by atoms with Crippen LogP contribution in [-0.4, -0.2) is 47.3 Å². The number of amides is 1. The van der Waals surface area contributed by atoms with Crippen LogP contribution in [0.4, 0.5) is 0 Å². The van der Waals surface area contributed by atoms with Gasteiger partial charge in [-0.15, -0.1) is 0 Å². The second kappa shape index (κ2) is 9.47. The molecule has 0 atom stereocenters. The molecule has 0 aromatic carbocycles. The Balaban J connectivity index is 2.66. The van der Waals surface area contributed by atoms with Crippen molar-refractivity contribution in [2.75, 3.05) is 20.7 Å². The topological polar surface area (TPSA) is 64.4 Å². The summed E-state index contributed by atoms with van der Waals surface area (Å²) in [6, 6.07) is 0. The molecule has 1 rings (SSSR count). The van der Waals surface area contributed by atoms with Gasteiger partial charge in [-0.05, 0) is 25.3 Å². The SMILES string of the molecule is COC(=O)CCCN(C)C(=O)/C=C/c1c(C)nn(CC(C)C)c1Cl. The number of halogens is 1. The van der Waals surface area contributed by atoms with Crippen molar-refractivity contribution in [3.05, 3.63) is 22.5 Å². The Hall–Kier alpha value is -1.82. The van der Waals surface area contributed by atoms with Gasteiger partial charge in [-0.1, -0.05) is 25.4 Å². The minimum Gasteiger partial charge on any atom is -0.469 e. The standard InChI is InChI=1S/C17H26ClN3O3/c1-12(2)11-21-17(18)14(13(3)19-21)8-9-15(22)20(4)10-6-7-16(23)24-5/h8-9,12H,6-7,10-11H2,1-5H3/b9-8+. The number of esters is 1. The normalized spacial score (nSPS) is 11.3. The maximum Gasteiger partial charge on any atom is 0.305 e. The third kappa shape index (κ3) is 6.00. The van der Waals surface area contributed by atoms with E-state index in [1.54, 1.807) is 22.7 Å². The van der Waals surface area contributed by atoms with Crippen molar-refractivity contribution < 1.29 is 14.3 Å². The largest absolute Gasteiger partial charge is 0.469 e. The van der Waals surface area contributed by atoms with Crippen molar-refractivity contribution >= 4 is 29.6 Å². The molecule has 6 nitrogen and oxygen atoms in total. The minimum absolute atomic E-state index is 0.146. The fourth-order valence-corrected chi connectivity index (χ4v) is 2.48. The summed E-state index contributed by atoms with van der Waals surface area (Å²) in [7, 11) is 3.05. The Morgan fingerprint density at radius 1 is 1.42 bits per heavy atom. The number of carbonyl (C=O) groups excluding carboxylic acids is 2. The summed E-state index contributed by atoms with van der Waals surface area (Å²) in [6.45, 7) is 7.27. The first-order chi connectivity index (χ1) is 11.3. The molecule has 0 radical (unpaired) electrons. The zero-order valence-electron chi connectivity index (χ0n) is 15.0. The van der Waals surface area contributed by atoms with Gasteiger partial charge in [-0.2, -0.15) is 5.10 Å². The van der Waals surface area contributed by atoms with Crippen LogP contribution in [0.1, 0.15) is 37.9 Å². The quantitative estimate of drug-likeness (QED) is 0.531. The van der Waals surface area contributed by atoms with Gasteiger partial charge in [0.25, 0.3) is 0 Å². The molecule has 0 N–H and O–H groups in total. The zero-order chi connectivity index (χ0) is 18.3. The molecule has 0 fully saturated rings. The van der Waals surface area contributed by atoms with Gasteiger partial charge in [-0.25, -0.2) is 0 Å². The molecular formula is C17H26ClN3O3. The predicted molar refractivity (Wildman–Crippen MR) is 94.7 cm³/mol. The number of nitrogens with zero attached hydrogens (tertiary/aromatic N) is 3. The molecule has 0 aliphatic rings. The molecule has 0 saturated heterocycles. The van der Waals surface area contributed by atoms with Crippen LogP contribution in [-0.2, 0) is 20.9 Å². The highest BCUT2D eigenvalue weighted by molar-refractivity contribution is 6.31. The Morgan fingerprint density at radius 3 is 2.67 bits per heavy atom. The summed E-state index contributed by atoms with van der Waals surface area (Å²) in [5, 5.41) is 4.95. The highest BCUT2D eigenvalue weighted by Gasteiger charge is 2.13. The molecule has 24 heavy (non-hydrogen) atoms. The third-order valence-corrected chi connectivity index (χ3v) is 3.92. The van der Waals surface area contributed by atoms with E-state index in [2.05, 4.69) is 23.7 Å². The van der Waals surface area contributed by atoms with Crippen LogP contribution in [0, 0.1) is 12.8 Å². The summed E-state index contributed by atoms with van der Waals surface area (Å²) >= 11 is 6.34. The predicted octanol–water partition coefficient (Wildman–Crippen LogP) is 2.93. The van der Waals surface area contributed by atoms with Crippen LogP contribution >= 0.6 is 11.6 Å². The summed E-state index contributed by atoms with van der Waals surface area (Å²) in [6.07, 6.45) is 4.04. The van der Waals surface area contributed by atoms with Crippen molar-refractivity contribution in [3.8, 4) is 0 Å². The van der Waals surface area contributed by atoms with Gasteiger partial charge in [0.1, 0.15) is 5.15 Å². The Morgan fingerprint density at radius 2 is 2.08 bits per heavy atom. The number of aryl methyl sites for hydroxylation is 1. The molecule has 0 bridgehead atoms. The smallest absolute Gasteiger partial charge is 0.305 e. The molecule has 1 amide bonds. The number of hydrogen-bond acceptors (Lipinski definition) is 4. The van der Waals surface area contributed by atoms with Crippen LogP contribution in [0.5, 0.6) is 0 Å². The van der Waals surface area contributed by atoms with Crippen LogP contribution < -0.4 is 0 Å². The summed E-state index contributed by atoms with van der Waals surface area (Å²) < 4.78 is 6.33. The highest BCUT2D eigenvalue weighted by Crippen LogP contribution is 2.22. The monoisotopic (exact) mass is 355 g/mol. The molecule has 0 aliphatic carbocycles. The summed E-state index contributed by atoms with van der Waals surface area (Å²) in [5.74, 6) is 0.0134. The lowest BCUT2D eigenvalue weighted by Crippen LogP contribution is -2.26. The second-order valence-corrected chi connectivity index (χ2v) is 6.50. The van der Waals surface area contributed by atoms with Gasteiger partial charge in [0.15, 0.2) is 0 Å². The van der Waals surface area contributed by atoms with E-state index in [1.807, 2.05) is 6.92 Å². The Labute approximate surface area is 148 Å². The number of hydrogen-bond donors (Lipinski definition) is 0. The number of carbonyl (C=O) groups is 2. The van der Waals surface area contributed by atoms with Crippen LogP contribution in [0.2, 0.25) is 5.15 Å². The van der Waals surface area contributed by atoms with Crippen molar-refractivity contribution in [2.45, 2.75) is 40.2 Å². The fraction of sp³-hybridized carbons (Fsp3) is 0.588. The second-order valence-electron chi connectivity index (χ2n) is 6.14. The van der Waals surface area contributed by atoms with Crippen molar-refractivity contribution in [3.63, 3.8) is 0 Å². The molecule has 0 spiro atoms. The van der Waals surface area contributed by atoms with Gasteiger partial charge < -0.3 is 9.64 Å². The van der Waals surface area contributed by atoms with Gasteiger partial charge in [0.05, 0.1) is 12.8 Å². The first-order valence-electron chi connectivity index (χ1n) is 7.99. The van der Waals surface area contributed by atoms with E-state index in [0.717, 1.165) is 17.8 Å². The molecule has 0 saturated carbocycles. The van der Waals surface area contributed by atoms with Gasteiger partial charge in [0, 0.05) is 38.2 Å². The minimum atomic E-state index is -0.272. The molecule has 1 aromatic rings. The first-order valence-corrected chi connectivity index (χ1v) is 8.37. The third-order valence-electron chi connectivity index (χ3n) is 3.52. The Kier molecular flexibility index (Phi) is 7.98. The number of aromatic nitrogens is 2. The average Bonchev–Trinajstić information content (AvgIpc) is 2.77. The van der Waals surface area contributed by atoms with Crippen LogP contribution in [0.25, 0.3) is 6.08 Å². The number of rotatable bonds is 8. The number of ether oxygens (including phenoxy) is 1. The molecule has 1 aromatic heterocycles. The zero-order valence-corrected chi connectivity index (χ0v) is 15.8. The lowest BCUT2D eigenvalue weighted by Gasteiger charge is -2.14. The van der Waals surface area contributed by atoms with E-state index in [1.165, 1.54) is 13.2 Å². The summed E-state index contributed by atoms with van der Waals surface area (Å²) in [5.41, 5.74) is 1.55. The molecule has 0 aliphatic heterocycles. The Bertz CT molecular complexity index is 608. The van der Waals surface area contributed by atoms with Crippen LogP contribution in [0.15, 0.2) is 6.08 Å². The lowest BCUT2D eigenvalue weighted by atomic mass is 10.2. The lowest BCUT2D eigenvalue weighted by molar-refractivity contribution is -0.141. The highest BCUT2D eigenvalue weighted by atomic mass is 35.5. The van der Waals surface area contributed by atoms with E-state index in [0.29, 0.717) is 30.5 Å². The van der Waals surface area contributed by atoms with Crippen molar-refractivity contribution in [2.24, 2.45) is 5.92 Å². The van der Waals surface area contributed by atoms with E-state index >= 15 is 0 Å². The van der Waals surface area contributed by atoms with E-state index in [4.69, 9.17) is 11.6 Å². The first kappa shape index (κ1) is 20.2. The molecule has 7 heteroatoms. The number of likely N-dealkylation sites (N-methyl/N-ethyl adjacent to an activating group) is 1. The molecule has 134 valence electrons. The maximum atomic E-state index is 12.1. The molecule has 0 unspecified atom stereocenters. The van der Waals surface area contributed by atoms with Gasteiger partial charge in [0.2, 0.25) is 5.91 Å². The van der Waals surface area contributed by atoms with Gasteiger partial charge in [-0.3, -0.25) is 14.3 Å². The van der Waals surface area contributed by atoms with Gasteiger partial charge >= 0.3 is 5.97 Å². The van der Waals surface area contributed by atoms with Crippen molar-refractivity contribution in [1.29, 1.82) is 0 Å². The summed E-state index contributed by atoms with van der Waals surface area (Å²) in [4.78, 5) is 24.7. The van der Waals surface area contributed by atoms with E-state index in [9.17, 15) is 9.59 Å². The van der Waals surface area contributed by atoms with Crippen molar-refractivity contribution in [1.82, 2.24) is 14.7 Å². The maximum absolute atomic E-state index is 12.1. The fourth-order valence-electron chi connectivity index (χ4n) is 2.18. The van der Waals surface area contributed by atoms with E-state index < -0.39 is 0 Å².